The molecule has 94 valence electrons. The fourth-order valence-electron chi connectivity index (χ4n) is 1.54. The van der Waals surface area contributed by atoms with Crippen molar-refractivity contribution in [3.05, 3.63) is 34.6 Å². The van der Waals surface area contributed by atoms with Crippen LogP contribution in [0.4, 0.5) is 4.39 Å². The van der Waals surface area contributed by atoms with Crippen LogP contribution in [0.15, 0.2) is 18.2 Å². The minimum absolute atomic E-state index is 0.246. The Bertz CT molecular complexity index is 407. The molecule has 0 atom stereocenters. The number of halogens is 2. The van der Waals surface area contributed by atoms with Gasteiger partial charge < -0.3 is 0 Å². The maximum atomic E-state index is 12.8. The average Bonchev–Trinajstić information content (AvgIpc) is 2.19. The van der Waals surface area contributed by atoms with E-state index in [9.17, 15) is 9.18 Å². The van der Waals surface area contributed by atoms with Crippen molar-refractivity contribution in [2.24, 2.45) is 5.41 Å². The molecule has 0 radical (unpaired) electrons. The Morgan fingerprint density at radius 3 is 2.53 bits per heavy atom. The van der Waals surface area contributed by atoms with Crippen molar-refractivity contribution in [2.45, 2.75) is 40.0 Å². The van der Waals surface area contributed by atoms with Crippen LogP contribution < -0.4 is 0 Å². The summed E-state index contributed by atoms with van der Waals surface area (Å²) in [6.07, 6.45) is 2.00. The third-order valence-corrected chi connectivity index (χ3v) is 3.05. The van der Waals surface area contributed by atoms with Crippen molar-refractivity contribution in [1.29, 1.82) is 0 Å². The summed E-state index contributed by atoms with van der Waals surface area (Å²) in [6, 6.07) is 4.38. The van der Waals surface area contributed by atoms with E-state index in [-0.39, 0.29) is 17.0 Å². The molecule has 0 fully saturated rings. The van der Waals surface area contributed by atoms with Gasteiger partial charge in [-0.1, -0.05) is 38.4 Å². The molecule has 0 saturated heterocycles. The summed E-state index contributed by atoms with van der Waals surface area (Å²) in [5.74, 6) is -0.0831. The number of Topliss-reactive ketones (excluding diaryl/α,β-unsaturated/α-hetero) is 1. The summed E-state index contributed by atoms with van der Waals surface area (Å²) in [5, 5.41) is 0.438. The molecule has 17 heavy (non-hydrogen) atoms. The van der Waals surface area contributed by atoms with E-state index in [1.165, 1.54) is 12.1 Å². The van der Waals surface area contributed by atoms with Gasteiger partial charge in [0.2, 0.25) is 0 Å². The Hall–Kier alpha value is -0.890. The maximum Gasteiger partial charge on any atom is 0.138 e. The van der Waals surface area contributed by atoms with Crippen molar-refractivity contribution in [3.8, 4) is 0 Å². The summed E-state index contributed by atoms with van der Waals surface area (Å²) < 4.78 is 12.8. The molecule has 0 unspecified atom stereocenters. The molecule has 3 heteroatoms. The third-order valence-electron chi connectivity index (χ3n) is 2.70. The molecule has 0 heterocycles. The second-order valence-corrected chi connectivity index (χ2v) is 5.67. The van der Waals surface area contributed by atoms with Crippen LogP contribution in [-0.2, 0) is 11.2 Å². The molecule has 0 N–H and O–H groups in total. The van der Waals surface area contributed by atoms with Crippen molar-refractivity contribution in [2.75, 3.05) is 0 Å². The first kappa shape index (κ1) is 14.2. The Balaban J connectivity index is 2.49. The molecule has 1 rings (SSSR count). The van der Waals surface area contributed by atoms with Crippen LogP contribution in [0.2, 0.25) is 5.02 Å². The van der Waals surface area contributed by atoms with E-state index in [2.05, 4.69) is 0 Å². The molecular weight excluding hydrogens is 239 g/mol. The zero-order valence-electron chi connectivity index (χ0n) is 10.5. The lowest BCUT2D eigenvalue weighted by Gasteiger charge is -2.16. The molecule has 0 amide bonds. The summed E-state index contributed by atoms with van der Waals surface area (Å²) in [5.41, 5.74) is 0.613. The highest BCUT2D eigenvalue weighted by atomic mass is 35.5. The predicted molar refractivity (Wildman–Crippen MR) is 68.8 cm³/mol. The number of carbonyl (C=O) groups is 1. The molecular formula is C14H18ClFO. The van der Waals surface area contributed by atoms with Crippen molar-refractivity contribution >= 4 is 17.4 Å². The van der Waals surface area contributed by atoms with Crippen molar-refractivity contribution in [3.63, 3.8) is 0 Å². The molecule has 1 aromatic rings. The van der Waals surface area contributed by atoms with E-state index in [4.69, 9.17) is 11.6 Å². The first-order valence-corrected chi connectivity index (χ1v) is 6.16. The van der Waals surface area contributed by atoms with Crippen LogP contribution in [0.5, 0.6) is 0 Å². The van der Waals surface area contributed by atoms with Crippen LogP contribution >= 0.6 is 11.6 Å². The first-order chi connectivity index (χ1) is 7.80. The van der Waals surface area contributed by atoms with Gasteiger partial charge in [0, 0.05) is 16.9 Å². The van der Waals surface area contributed by atoms with Gasteiger partial charge in [-0.25, -0.2) is 4.39 Å². The Kier molecular flexibility index (Phi) is 4.70. The number of hydrogen-bond acceptors (Lipinski definition) is 1. The highest BCUT2D eigenvalue weighted by Gasteiger charge is 2.20. The van der Waals surface area contributed by atoms with Gasteiger partial charge in [-0.15, -0.1) is 0 Å². The number of carbonyl (C=O) groups excluding carboxylic acids is 1. The molecule has 0 aromatic heterocycles. The van der Waals surface area contributed by atoms with Crippen LogP contribution in [0, 0.1) is 11.2 Å². The first-order valence-electron chi connectivity index (χ1n) is 5.78. The Morgan fingerprint density at radius 2 is 2.00 bits per heavy atom. The highest BCUT2D eigenvalue weighted by molar-refractivity contribution is 6.31. The van der Waals surface area contributed by atoms with E-state index >= 15 is 0 Å². The molecule has 0 spiro atoms. The van der Waals surface area contributed by atoms with Gasteiger partial charge in [0.25, 0.3) is 0 Å². The Labute approximate surface area is 107 Å². The van der Waals surface area contributed by atoms with Gasteiger partial charge in [-0.2, -0.15) is 0 Å². The van der Waals surface area contributed by atoms with Crippen LogP contribution in [-0.4, -0.2) is 5.78 Å². The predicted octanol–water partition coefficient (Wildman–Crippen LogP) is 4.42. The van der Waals surface area contributed by atoms with Crippen molar-refractivity contribution in [1.82, 2.24) is 0 Å². The number of ketones is 1. The molecule has 0 aliphatic heterocycles. The zero-order valence-corrected chi connectivity index (χ0v) is 11.3. The minimum atomic E-state index is -0.329. The number of hydrogen-bond donors (Lipinski definition) is 0. The number of benzene rings is 1. The summed E-state index contributed by atoms with van der Waals surface area (Å²) >= 11 is 5.91. The molecule has 0 saturated carbocycles. The molecule has 0 bridgehead atoms. The topological polar surface area (TPSA) is 17.1 Å². The normalized spacial score (nSPS) is 11.6. The van der Waals surface area contributed by atoms with Crippen LogP contribution in [0.25, 0.3) is 0 Å². The summed E-state index contributed by atoms with van der Waals surface area (Å²) in [6.45, 7) is 5.75. The smallest absolute Gasteiger partial charge is 0.138 e. The van der Waals surface area contributed by atoms with E-state index in [1.54, 1.807) is 6.07 Å². The second-order valence-electron chi connectivity index (χ2n) is 5.26. The van der Waals surface area contributed by atoms with Crippen LogP contribution in [0.1, 0.15) is 39.2 Å². The summed E-state index contributed by atoms with van der Waals surface area (Å²) in [4.78, 5) is 11.7. The number of aryl methyl sites for hydroxylation is 1. The quantitative estimate of drug-likeness (QED) is 0.780. The minimum Gasteiger partial charge on any atom is -0.299 e. The van der Waals surface area contributed by atoms with Crippen LogP contribution in [0.3, 0.4) is 0 Å². The highest BCUT2D eigenvalue weighted by Crippen LogP contribution is 2.22. The van der Waals surface area contributed by atoms with E-state index in [0.29, 0.717) is 17.9 Å². The van der Waals surface area contributed by atoms with Gasteiger partial charge in [0.05, 0.1) is 0 Å². The van der Waals surface area contributed by atoms with Gasteiger partial charge in [-0.05, 0) is 30.5 Å². The largest absolute Gasteiger partial charge is 0.299 e. The van der Waals surface area contributed by atoms with Gasteiger partial charge in [0.15, 0.2) is 0 Å². The zero-order chi connectivity index (χ0) is 13.1. The fourth-order valence-corrected chi connectivity index (χ4v) is 1.80. The van der Waals surface area contributed by atoms with E-state index < -0.39 is 0 Å². The summed E-state index contributed by atoms with van der Waals surface area (Å²) in [7, 11) is 0. The Morgan fingerprint density at radius 1 is 1.35 bits per heavy atom. The maximum absolute atomic E-state index is 12.8. The molecule has 1 aromatic carbocycles. The SMILES string of the molecule is CC(C)(C)C(=O)CCCc1ccc(F)cc1Cl. The lowest BCUT2D eigenvalue weighted by molar-refractivity contribution is -0.126. The fraction of sp³-hybridized carbons (Fsp3) is 0.500. The standard InChI is InChI=1S/C14H18ClFO/c1-14(2,3)13(17)6-4-5-10-7-8-11(16)9-12(10)15/h7-9H,4-6H2,1-3H3. The van der Waals surface area contributed by atoms with E-state index in [1.807, 2.05) is 20.8 Å². The molecule has 0 aliphatic rings. The lowest BCUT2D eigenvalue weighted by atomic mass is 9.87. The average molecular weight is 257 g/mol. The van der Waals surface area contributed by atoms with Crippen molar-refractivity contribution < 1.29 is 9.18 Å². The second kappa shape index (κ2) is 5.63. The van der Waals surface area contributed by atoms with Gasteiger partial charge >= 0.3 is 0 Å². The monoisotopic (exact) mass is 256 g/mol. The lowest BCUT2D eigenvalue weighted by Crippen LogP contribution is -2.19. The van der Waals surface area contributed by atoms with Gasteiger partial charge in [-0.3, -0.25) is 4.79 Å². The number of rotatable bonds is 4. The van der Waals surface area contributed by atoms with E-state index in [0.717, 1.165) is 12.0 Å². The molecule has 1 nitrogen and oxygen atoms in total. The molecule has 0 aliphatic carbocycles. The third kappa shape index (κ3) is 4.47. The van der Waals surface area contributed by atoms with Gasteiger partial charge in [0.1, 0.15) is 11.6 Å².